The molecule has 20 heavy (non-hydrogen) atoms. The fraction of sp³-hybridized carbons (Fsp3) is 0.571. The average Bonchev–Trinajstić information content (AvgIpc) is 2.86. The summed E-state index contributed by atoms with van der Waals surface area (Å²) in [6, 6.07) is 5.22. The number of aliphatic hydroxyl groups is 1. The summed E-state index contributed by atoms with van der Waals surface area (Å²) in [7, 11) is 1.69. The maximum atomic E-state index is 10.9. The summed E-state index contributed by atoms with van der Waals surface area (Å²) >= 11 is 0. The normalized spacial score (nSPS) is 19.2. The molecule has 0 bridgehead atoms. The number of nitrogens with one attached hydrogen (secondary N) is 1. The molecule has 1 aromatic rings. The van der Waals surface area contributed by atoms with Crippen LogP contribution in [0.15, 0.2) is 18.2 Å². The number of nitrogens with zero attached hydrogens (tertiary/aromatic N) is 2. The second kappa shape index (κ2) is 6.67. The van der Waals surface area contributed by atoms with Crippen molar-refractivity contribution >= 4 is 11.4 Å². The van der Waals surface area contributed by atoms with Gasteiger partial charge in [0.1, 0.15) is 5.69 Å². The van der Waals surface area contributed by atoms with Crippen LogP contribution < -0.4 is 5.32 Å². The van der Waals surface area contributed by atoms with E-state index in [4.69, 9.17) is 5.11 Å². The van der Waals surface area contributed by atoms with Gasteiger partial charge in [-0.05, 0) is 36.9 Å². The van der Waals surface area contributed by atoms with Crippen LogP contribution in [0, 0.1) is 16.0 Å². The van der Waals surface area contributed by atoms with Crippen molar-refractivity contribution in [3.05, 3.63) is 33.9 Å². The monoisotopic (exact) mass is 279 g/mol. The largest absolute Gasteiger partial charge is 0.396 e. The van der Waals surface area contributed by atoms with Gasteiger partial charge in [-0.3, -0.25) is 15.0 Å². The van der Waals surface area contributed by atoms with Gasteiger partial charge in [0.2, 0.25) is 0 Å². The third-order valence-electron chi connectivity index (χ3n) is 3.84. The molecule has 1 atom stereocenters. The van der Waals surface area contributed by atoms with Gasteiger partial charge in [-0.2, -0.15) is 0 Å². The molecule has 1 aliphatic rings. The van der Waals surface area contributed by atoms with E-state index in [0.29, 0.717) is 11.6 Å². The van der Waals surface area contributed by atoms with Crippen molar-refractivity contribution < 1.29 is 10.0 Å². The minimum atomic E-state index is -0.372. The lowest BCUT2D eigenvalue weighted by atomic mass is 10.1. The molecule has 0 amide bonds. The van der Waals surface area contributed by atoms with Crippen molar-refractivity contribution in [2.24, 2.45) is 5.92 Å². The molecule has 0 aliphatic carbocycles. The zero-order chi connectivity index (χ0) is 14.5. The molecule has 0 aromatic heterocycles. The number of hydrogen-bond donors (Lipinski definition) is 2. The van der Waals surface area contributed by atoms with Crippen LogP contribution in [-0.4, -0.2) is 41.7 Å². The number of aliphatic hydroxyl groups excluding tert-OH is 1. The van der Waals surface area contributed by atoms with Crippen LogP contribution in [0.1, 0.15) is 18.4 Å². The highest BCUT2D eigenvalue weighted by atomic mass is 16.6. The van der Waals surface area contributed by atoms with Gasteiger partial charge < -0.3 is 10.4 Å². The SMILES string of the molecule is CNc1cc(CN2CCC(CCO)C2)ccc1[N+](=O)[O-]. The van der Waals surface area contributed by atoms with E-state index in [1.54, 1.807) is 13.1 Å². The highest BCUT2D eigenvalue weighted by Crippen LogP contribution is 2.27. The van der Waals surface area contributed by atoms with Gasteiger partial charge >= 0.3 is 0 Å². The molecule has 1 heterocycles. The Morgan fingerprint density at radius 2 is 2.35 bits per heavy atom. The maximum absolute atomic E-state index is 10.9. The molecule has 2 rings (SSSR count). The number of benzene rings is 1. The van der Waals surface area contributed by atoms with Crippen LogP contribution in [0.3, 0.4) is 0 Å². The van der Waals surface area contributed by atoms with E-state index in [1.807, 2.05) is 12.1 Å². The van der Waals surface area contributed by atoms with Crippen molar-refractivity contribution in [2.45, 2.75) is 19.4 Å². The zero-order valence-corrected chi connectivity index (χ0v) is 11.7. The third kappa shape index (κ3) is 3.46. The Labute approximate surface area is 118 Å². The number of anilines is 1. The summed E-state index contributed by atoms with van der Waals surface area (Å²) in [5.74, 6) is 0.571. The van der Waals surface area contributed by atoms with Crippen LogP contribution in [0.5, 0.6) is 0 Å². The number of nitro groups is 1. The molecule has 2 N–H and O–H groups in total. The molecule has 1 aliphatic heterocycles. The van der Waals surface area contributed by atoms with Crippen LogP contribution in [0.2, 0.25) is 0 Å². The Hall–Kier alpha value is -1.66. The topological polar surface area (TPSA) is 78.6 Å². The highest BCUT2D eigenvalue weighted by molar-refractivity contribution is 5.62. The molecule has 1 aromatic carbocycles. The number of likely N-dealkylation sites (tertiary alicyclic amines) is 1. The summed E-state index contributed by atoms with van der Waals surface area (Å²) < 4.78 is 0. The van der Waals surface area contributed by atoms with E-state index in [2.05, 4.69) is 10.2 Å². The molecule has 1 unspecified atom stereocenters. The first-order valence-corrected chi connectivity index (χ1v) is 6.92. The van der Waals surface area contributed by atoms with Crippen molar-refractivity contribution in [3.63, 3.8) is 0 Å². The van der Waals surface area contributed by atoms with Gasteiger partial charge in [0, 0.05) is 32.8 Å². The quantitative estimate of drug-likeness (QED) is 0.613. The predicted octanol–water partition coefficient (Wildman–Crippen LogP) is 1.84. The van der Waals surface area contributed by atoms with Gasteiger partial charge in [-0.15, -0.1) is 0 Å². The summed E-state index contributed by atoms with van der Waals surface area (Å²) in [6.45, 7) is 3.07. The van der Waals surface area contributed by atoms with Gasteiger partial charge in [0.05, 0.1) is 4.92 Å². The fourth-order valence-corrected chi connectivity index (χ4v) is 2.77. The molecule has 1 saturated heterocycles. The van der Waals surface area contributed by atoms with Crippen molar-refractivity contribution in [1.82, 2.24) is 4.90 Å². The molecule has 6 nitrogen and oxygen atoms in total. The second-order valence-corrected chi connectivity index (χ2v) is 5.26. The second-order valence-electron chi connectivity index (χ2n) is 5.26. The van der Waals surface area contributed by atoms with E-state index in [9.17, 15) is 10.1 Å². The summed E-state index contributed by atoms with van der Waals surface area (Å²) in [5, 5.41) is 22.7. The highest BCUT2D eigenvalue weighted by Gasteiger charge is 2.22. The van der Waals surface area contributed by atoms with Crippen LogP contribution in [0.25, 0.3) is 0 Å². The number of nitro benzene ring substituents is 1. The summed E-state index contributed by atoms with van der Waals surface area (Å²) in [5.41, 5.74) is 1.74. The minimum Gasteiger partial charge on any atom is -0.396 e. The smallest absolute Gasteiger partial charge is 0.292 e. The Morgan fingerprint density at radius 1 is 1.55 bits per heavy atom. The van der Waals surface area contributed by atoms with Crippen LogP contribution in [-0.2, 0) is 6.54 Å². The Bertz CT molecular complexity index is 479. The molecular weight excluding hydrogens is 258 g/mol. The first-order valence-electron chi connectivity index (χ1n) is 6.92. The Morgan fingerprint density at radius 3 is 3.00 bits per heavy atom. The zero-order valence-electron chi connectivity index (χ0n) is 11.7. The van der Waals surface area contributed by atoms with E-state index in [0.717, 1.165) is 38.0 Å². The van der Waals surface area contributed by atoms with E-state index in [-0.39, 0.29) is 17.2 Å². The molecule has 0 radical (unpaired) electrons. The van der Waals surface area contributed by atoms with E-state index < -0.39 is 0 Å². The van der Waals surface area contributed by atoms with E-state index in [1.165, 1.54) is 0 Å². The predicted molar refractivity (Wildman–Crippen MR) is 77.7 cm³/mol. The van der Waals surface area contributed by atoms with Gasteiger partial charge in [0.25, 0.3) is 5.69 Å². The molecular formula is C14H21N3O3. The van der Waals surface area contributed by atoms with Crippen molar-refractivity contribution in [1.29, 1.82) is 0 Å². The first-order chi connectivity index (χ1) is 9.63. The minimum absolute atomic E-state index is 0.107. The Balaban J connectivity index is 2.02. The third-order valence-corrected chi connectivity index (χ3v) is 3.84. The maximum Gasteiger partial charge on any atom is 0.292 e. The lowest BCUT2D eigenvalue weighted by molar-refractivity contribution is -0.384. The molecule has 1 fully saturated rings. The van der Waals surface area contributed by atoms with Gasteiger partial charge in [-0.1, -0.05) is 6.07 Å². The summed E-state index contributed by atoms with van der Waals surface area (Å²) in [4.78, 5) is 12.8. The van der Waals surface area contributed by atoms with Crippen molar-refractivity contribution in [2.75, 3.05) is 32.1 Å². The number of hydrogen-bond acceptors (Lipinski definition) is 5. The van der Waals surface area contributed by atoms with Crippen LogP contribution in [0.4, 0.5) is 11.4 Å². The van der Waals surface area contributed by atoms with E-state index >= 15 is 0 Å². The standard InChI is InChI=1S/C14H21N3O3/c1-15-13-8-12(2-3-14(13)17(19)20)10-16-6-4-11(9-16)5-7-18/h2-3,8,11,15,18H,4-7,9-10H2,1H3. The molecule has 0 spiro atoms. The molecule has 110 valence electrons. The number of rotatable bonds is 6. The Kier molecular flexibility index (Phi) is 4.92. The van der Waals surface area contributed by atoms with Gasteiger partial charge in [0.15, 0.2) is 0 Å². The lowest BCUT2D eigenvalue weighted by Gasteiger charge is -2.16. The van der Waals surface area contributed by atoms with Crippen molar-refractivity contribution in [3.8, 4) is 0 Å². The fourth-order valence-electron chi connectivity index (χ4n) is 2.77. The molecule has 6 heteroatoms. The van der Waals surface area contributed by atoms with Crippen LogP contribution >= 0.6 is 0 Å². The summed E-state index contributed by atoms with van der Waals surface area (Å²) in [6.07, 6.45) is 1.98. The molecule has 0 saturated carbocycles. The average molecular weight is 279 g/mol. The first kappa shape index (κ1) is 14.7. The lowest BCUT2D eigenvalue weighted by Crippen LogP contribution is -2.20. The van der Waals surface area contributed by atoms with Gasteiger partial charge in [-0.25, -0.2) is 0 Å².